The van der Waals surface area contributed by atoms with E-state index in [-0.39, 0.29) is 28.4 Å². The van der Waals surface area contributed by atoms with Gasteiger partial charge < -0.3 is 20.5 Å². The Labute approximate surface area is 151 Å². The number of hydrogen-bond acceptors (Lipinski definition) is 6. The van der Waals surface area contributed by atoms with Crippen molar-refractivity contribution in [1.82, 2.24) is 4.98 Å². The number of alkyl halides is 3. The summed E-state index contributed by atoms with van der Waals surface area (Å²) in [4.78, 5) is 6.10. The molecule has 2 heterocycles. The maximum atomic E-state index is 13.0. The van der Waals surface area contributed by atoms with Gasteiger partial charge in [0.25, 0.3) is 0 Å². The smallest absolute Gasteiger partial charge is 0.419 e. The lowest BCUT2D eigenvalue weighted by molar-refractivity contribution is -0.139. The van der Waals surface area contributed by atoms with Gasteiger partial charge in [-0.25, -0.2) is 0 Å². The van der Waals surface area contributed by atoms with Crippen LogP contribution < -0.4 is 15.4 Å². The Bertz CT molecular complexity index is 801. The van der Waals surface area contributed by atoms with Crippen LogP contribution in [-0.2, 0) is 6.18 Å². The molecule has 1 aromatic carbocycles. The number of para-hydroxylation sites is 1. The Kier molecular flexibility index (Phi) is 4.94. The maximum Gasteiger partial charge on any atom is 0.419 e. The van der Waals surface area contributed by atoms with Crippen molar-refractivity contribution in [3.63, 3.8) is 0 Å². The van der Waals surface area contributed by atoms with Gasteiger partial charge >= 0.3 is 6.18 Å². The number of anilines is 1. The Hall–Kier alpha value is -2.49. The molecule has 0 amide bonds. The number of piperidine rings is 1. The first-order valence-corrected chi connectivity index (χ1v) is 8.69. The molecule has 1 fully saturated rings. The fraction of sp³-hybridized carbons (Fsp3) is 0.375. The van der Waals surface area contributed by atoms with Crippen LogP contribution in [-0.4, -0.2) is 35.1 Å². The Morgan fingerprint density at radius 1 is 1.31 bits per heavy atom. The van der Waals surface area contributed by atoms with Crippen molar-refractivity contribution in [2.24, 2.45) is 5.73 Å². The zero-order valence-corrected chi connectivity index (χ0v) is 14.4. The van der Waals surface area contributed by atoms with Crippen LogP contribution in [0.3, 0.4) is 0 Å². The summed E-state index contributed by atoms with van der Waals surface area (Å²) in [5.41, 5.74) is 4.60. The molecule has 1 saturated heterocycles. The van der Waals surface area contributed by atoms with E-state index in [0.29, 0.717) is 31.1 Å². The van der Waals surface area contributed by atoms with Crippen molar-refractivity contribution >= 4 is 22.3 Å². The van der Waals surface area contributed by atoms with E-state index in [1.165, 1.54) is 18.2 Å². The second-order valence-corrected chi connectivity index (χ2v) is 6.84. The number of thiazole rings is 1. The van der Waals surface area contributed by atoms with E-state index in [2.05, 4.69) is 4.98 Å². The number of halogens is 3. The number of hydrogen-bond donors (Lipinski definition) is 3. The van der Waals surface area contributed by atoms with Gasteiger partial charge in [-0.15, -0.1) is 0 Å². The minimum Gasteiger partial charge on any atom is -0.492 e. The van der Waals surface area contributed by atoms with Gasteiger partial charge in [0.1, 0.15) is 22.6 Å². The summed E-state index contributed by atoms with van der Waals surface area (Å²) in [6.45, 7) is 1.03. The van der Waals surface area contributed by atoms with Gasteiger partial charge in [0.15, 0.2) is 5.13 Å². The highest BCUT2D eigenvalue weighted by atomic mass is 32.1. The quantitative estimate of drug-likeness (QED) is 0.554. The van der Waals surface area contributed by atoms with E-state index in [9.17, 15) is 18.3 Å². The lowest BCUT2D eigenvalue weighted by Crippen LogP contribution is -2.38. The number of rotatable bonds is 4. The summed E-state index contributed by atoms with van der Waals surface area (Å²) < 4.78 is 44.7. The Morgan fingerprint density at radius 2 is 1.96 bits per heavy atom. The van der Waals surface area contributed by atoms with Crippen molar-refractivity contribution in [1.29, 1.82) is 5.41 Å². The van der Waals surface area contributed by atoms with Gasteiger partial charge in [0.2, 0.25) is 5.88 Å². The highest BCUT2D eigenvalue weighted by Crippen LogP contribution is 2.37. The number of aromatic hydroxyl groups is 1. The predicted molar refractivity (Wildman–Crippen MR) is 92.1 cm³/mol. The highest BCUT2D eigenvalue weighted by Gasteiger charge is 2.35. The van der Waals surface area contributed by atoms with Crippen LogP contribution in [0.2, 0.25) is 0 Å². The number of ether oxygens (including phenoxy) is 1. The molecule has 3 rings (SSSR count). The molecule has 0 radical (unpaired) electrons. The first-order chi connectivity index (χ1) is 12.3. The largest absolute Gasteiger partial charge is 0.492 e. The molecule has 0 atom stereocenters. The molecule has 1 aromatic heterocycles. The molecule has 0 aliphatic carbocycles. The average Bonchev–Trinajstić information content (AvgIpc) is 2.97. The molecule has 0 unspecified atom stereocenters. The maximum absolute atomic E-state index is 13.0. The van der Waals surface area contributed by atoms with E-state index in [4.69, 9.17) is 15.9 Å². The number of nitrogens with two attached hydrogens (primary N) is 1. The molecule has 0 bridgehead atoms. The monoisotopic (exact) mass is 386 g/mol. The summed E-state index contributed by atoms with van der Waals surface area (Å²) in [7, 11) is 0. The summed E-state index contributed by atoms with van der Waals surface area (Å²) in [5.74, 6) is -0.701. The fourth-order valence-electron chi connectivity index (χ4n) is 2.76. The van der Waals surface area contributed by atoms with Crippen LogP contribution in [0.5, 0.6) is 11.6 Å². The standard InChI is InChI=1S/C16H17F3N4O2S/c17-16(18,19)10-3-1-2-4-11(10)25-9-5-7-23(8-6-9)15-22-14(24)12(26-15)13(20)21/h1-4,9,24H,5-8H2,(H3,20,21). The topological polar surface area (TPSA) is 95.5 Å². The van der Waals surface area contributed by atoms with Crippen LogP contribution in [0.25, 0.3) is 0 Å². The number of nitrogens with one attached hydrogen (secondary N) is 1. The van der Waals surface area contributed by atoms with Gasteiger partial charge in [-0.3, -0.25) is 5.41 Å². The van der Waals surface area contributed by atoms with Crippen molar-refractivity contribution in [2.75, 3.05) is 18.0 Å². The van der Waals surface area contributed by atoms with E-state index in [1.807, 2.05) is 4.90 Å². The number of aromatic nitrogens is 1. The van der Waals surface area contributed by atoms with Crippen LogP contribution in [0, 0.1) is 5.41 Å². The SMILES string of the molecule is N=C(N)c1sc(N2CCC(Oc3ccccc3C(F)(F)F)CC2)nc1O. The fourth-order valence-corrected chi connectivity index (χ4v) is 3.63. The number of nitrogen functional groups attached to an aromatic ring is 1. The lowest BCUT2D eigenvalue weighted by Gasteiger charge is -2.32. The molecule has 4 N–H and O–H groups in total. The molecule has 26 heavy (non-hydrogen) atoms. The van der Waals surface area contributed by atoms with Crippen molar-refractivity contribution in [3.8, 4) is 11.6 Å². The molecule has 1 aliphatic rings. The van der Waals surface area contributed by atoms with Gasteiger partial charge in [0, 0.05) is 25.9 Å². The van der Waals surface area contributed by atoms with E-state index in [1.54, 1.807) is 0 Å². The summed E-state index contributed by atoms with van der Waals surface area (Å²) >= 11 is 1.11. The summed E-state index contributed by atoms with van der Waals surface area (Å²) in [6.07, 6.45) is -3.77. The van der Waals surface area contributed by atoms with Crippen molar-refractivity contribution < 1.29 is 23.0 Å². The van der Waals surface area contributed by atoms with Gasteiger partial charge in [0.05, 0.1) is 5.56 Å². The third-order valence-corrected chi connectivity index (χ3v) is 5.18. The molecule has 2 aromatic rings. The molecular formula is C16H17F3N4O2S. The molecule has 140 valence electrons. The third-order valence-electron chi connectivity index (χ3n) is 4.04. The number of nitrogens with zero attached hydrogens (tertiary/aromatic N) is 2. The van der Waals surface area contributed by atoms with Crippen molar-refractivity contribution in [3.05, 3.63) is 34.7 Å². The second kappa shape index (κ2) is 7.02. The predicted octanol–water partition coefficient (Wildman–Crippen LogP) is 3.20. The molecule has 0 saturated carbocycles. The van der Waals surface area contributed by atoms with E-state index in [0.717, 1.165) is 17.4 Å². The average molecular weight is 386 g/mol. The highest BCUT2D eigenvalue weighted by molar-refractivity contribution is 7.17. The lowest BCUT2D eigenvalue weighted by atomic mass is 10.1. The van der Waals surface area contributed by atoms with E-state index < -0.39 is 11.7 Å². The van der Waals surface area contributed by atoms with Crippen LogP contribution in [0.4, 0.5) is 18.3 Å². The zero-order chi connectivity index (χ0) is 18.9. The minimum absolute atomic E-state index is 0.163. The molecule has 1 aliphatic heterocycles. The molecule has 10 heteroatoms. The number of amidine groups is 1. The molecule has 6 nitrogen and oxygen atoms in total. The van der Waals surface area contributed by atoms with Gasteiger partial charge in [-0.05, 0) is 12.1 Å². The normalized spacial score (nSPS) is 15.9. The summed E-state index contributed by atoms with van der Waals surface area (Å²) in [5, 5.41) is 17.6. The molecular weight excluding hydrogens is 369 g/mol. The zero-order valence-electron chi connectivity index (χ0n) is 13.6. The first kappa shape index (κ1) is 18.3. The minimum atomic E-state index is -4.46. The van der Waals surface area contributed by atoms with Crippen LogP contribution >= 0.6 is 11.3 Å². The Balaban J connectivity index is 1.65. The van der Waals surface area contributed by atoms with Crippen LogP contribution in [0.15, 0.2) is 24.3 Å². The third kappa shape index (κ3) is 3.85. The van der Waals surface area contributed by atoms with E-state index >= 15 is 0 Å². The van der Waals surface area contributed by atoms with Crippen molar-refractivity contribution in [2.45, 2.75) is 25.1 Å². The first-order valence-electron chi connectivity index (χ1n) is 7.87. The Morgan fingerprint density at radius 3 is 2.54 bits per heavy atom. The van der Waals surface area contributed by atoms with Gasteiger partial charge in [-0.1, -0.05) is 23.5 Å². The van der Waals surface area contributed by atoms with Gasteiger partial charge in [-0.2, -0.15) is 18.2 Å². The summed E-state index contributed by atoms with van der Waals surface area (Å²) in [6, 6.07) is 5.18. The molecule has 0 spiro atoms. The number of benzene rings is 1. The van der Waals surface area contributed by atoms with Crippen LogP contribution in [0.1, 0.15) is 23.3 Å². The second-order valence-electron chi connectivity index (χ2n) is 5.86.